The molecule has 4 aromatic rings. The van der Waals surface area contributed by atoms with Crippen molar-refractivity contribution in [3.8, 4) is 0 Å². The van der Waals surface area contributed by atoms with Crippen molar-refractivity contribution < 1.29 is 0 Å². The number of H-pyrrole nitrogens is 2. The summed E-state index contributed by atoms with van der Waals surface area (Å²) >= 11 is 0. The third kappa shape index (κ3) is 3.24. The van der Waals surface area contributed by atoms with Gasteiger partial charge in [-0.3, -0.25) is 10.0 Å². The first kappa shape index (κ1) is 16.6. The zero-order valence-electron chi connectivity index (χ0n) is 15.5. The van der Waals surface area contributed by atoms with Crippen LogP contribution in [0.3, 0.4) is 0 Å². The summed E-state index contributed by atoms with van der Waals surface area (Å²) in [5.74, 6) is 0. The number of benzene rings is 2. The van der Waals surface area contributed by atoms with Gasteiger partial charge in [0.05, 0.1) is 38.6 Å². The number of aromatic amines is 2. The first-order valence-corrected chi connectivity index (χ1v) is 9.57. The number of piperazine rings is 1. The van der Waals surface area contributed by atoms with Crippen LogP contribution in [-0.2, 0) is 0 Å². The highest BCUT2D eigenvalue weighted by atomic mass is 15.5. The highest BCUT2D eigenvalue weighted by Gasteiger charge is 2.13. The van der Waals surface area contributed by atoms with Crippen LogP contribution in [0.15, 0.2) is 71.1 Å². The van der Waals surface area contributed by atoms with Crippen molar-refractivity contribution in [1.29, 1.82) is 0 Å². The van der Waals surface area contributed by atoms with Gasteiger partial charge >= 0.3 is 0 Å². The summed E-state index contributed by atoms with van der Waals surface area (Å²) in [6.07, 6.45) is 7.92. The lowest BCUT2D eigenvalue weighted by Crippen LogP contribution is -2.41. The number of aromatic nitrogens is 2. The number of hydrazone groups is 2. The van der Waals surface area contributed by atoms with Gasteiger partial charge in [-0.05, 0) is 12.1 Å². The number of nitrogens with one attached hydrogen (secondary N) is 2. The molecule has 2 aromatic heterocycles. The van der Waals surface area contributed by atoms with Crippen molar-refractivity contribution >= 4 is 34.2 Å². The molecule has 1 aliphatic rings. The van der Waals surface area contributed by atoms with Crippen LogP contribution in [0.25, 0.3) is 21.8 Å². The van der Waals surface area contributed by atoms with Crippen molar-refractivity contribution in [2.45, 2.75) is 0 Å². The highest BCUT2D eigenvalue weighted by molar-refractivity contribution is 5.99. The fourth-order valence-electron chi connectivity index (χ4n) is 3.61. The van der Waals surface area contributed by atoms with Gasteiger partial charge in [0.1, 0.15) is 0 Å². The van der Waals surface area contributed by atoms with E-state index in [0.717, 1.165) is 48.3 Å². The smallest absolute Gasteiger partial charge is 0.0564 e. The molecule has 1 fully saturated rings. The molecule has 140 valence electrons. The molecule has 6 nitrogen and oxygen atoms in total. The van der Waals surface area contributed by atoms with E-state index >= 15 is 0 Å². The summed E-state index contributed by atoms with van der Waals surface area (Å²) in [4.78, 5) is 6.57. The molecule has 1 saturated heterocycles. The van der Waals surface area contributed by atoms with Gasteiger partial charge in [0, 0.05) is 45.3 Å². The van der Waals surface area contributed by atoms with Gasteiger partial charge in [-0.2, -0.15) is 10.2 Å². The van der Waals surface area contributed by atoms with Gasteiger partial charge in [0.25, 0.3) is 0 Å². The predicted molar refractivity (Wildman–Crippen MR) is 115 cm³/mol. The van der Waals surface area contributed by atoms with E-state index < -0.39 is 0 Å². The van der Waals surface area contributed by atoms with E-state index in [0.29, 0.717) is 0 Å². The predicted octanol–water partition coefficient (Wildman–Crippen LogP) is 3.63. The molecule has 0 radical (unpaired) electrons. The molecular weight excluding hydrogens is 348 g/mol. The van der Waals surface area contributed by atoms with Gasteiger partial charge in [0.15, 0.2) is 0 Å². The molecule has 2 N–H and O–H groups in total. The van der Waals surface area contributed by atoms with E-state index in [9.17, 15) is 0 Å². The van der Waals surface area contributed by atoms with Crippen LogP contribution in [0.4, 0.5) is 0 Å². The van der Waals surface area contributed by atoms with Gasteiger partial charge in [-0.25, -0.2) is 0 Å². The molecule has 1 aliphatic heterocycles. The molecule has 5 rings (SSSR count). The Kier molecular flexibility index (Phi) is 4.29. The molecular formula is C22H22N6. The second-order valence-corrected chi connectivity index (χ2v) is 6.98. The Labute approximate surface area is 163 Å². The summed E-state index contributed by atoms with van der Waals surface area (Å²) in [6, 6.07) is 16.6. The first-order chi connectivity index (χ1) is 13.9. The number of rotatable bonds is 4. The van der Waals surface area contributed by atoms with Crippen molar-refractivity contribution in [2.24, 2.45) is 10.2 Å². The van der Waals surface area contributed by atoms with E-state index in [4.69, 9.17) is 0 Å². The molecule has 0 spiro atoms. The first-order valence-electron chi connectivity index (χ1n) is 9.57. The number of fused-ring (bicyclic) bond motifs is 2. The minimum Gasteiger partial charge on any atom is -0.361 e. The summed E-state index contributed by atoms with van der Waals surface area (Å²) in [5, 5.41) is 16.0. The van der Waals surface area contributed by atoms with E-state index in [1.807, 2.05) is 37.0 Å². The van der Waals surface area contributed by atoms with Gasteiger partial charge in [0.2, 0.25) is 0 Å². The van der Waals surface area contributed by atoms with Crippen LogP contribution in [0.2, 0.25) is 0 Å². The molecule has 0 aliphatic carbocycles. The van der Waals surface area contributed by atoms with Crippen molar-refractivity contribution in [1.82, 2.24) is 20.0 Å². The maximum Gasteiger partial charge on any atom is 0.0564 e. The average Bonchev–Trinajstić information content (AvgIpc) is 3.36. The minimum absolute atomic E-state index is 0.865. The molecule has 0 saturated carbocycles. The van der Waals surface area contributed by atoms with E-state index in [2.05, 4.69) is 66.6 Å². The molecule has 0 amide bonds. The van der Waals surface area contributed by atoms with E-state index in [-0.39, 0.29) is 0 Å². The van der Waals surface area contributed by atoms with Crippen LogP contribution >= 0.6 is 0 Å². The SMILES string of the molecule is C(=NN1CCN(N=Cc2c[nH]c3ccccc23)CC1)c1c[nH]c2ccccc12. The lowest BCUT2D eigenvalue weighted by Gasteiger charge is -2.31. The fourth-order valence-corrected chi connectivity index (χ4v) is 3.61. The van der Waals surface area contributed by atoms with Gasteiger partial charge < -0.3 is 9.97 Å². The zero-order chi connectivity index (χ0) is 18.8. The summed E-state index contributed by atoms with van der Waals surface area (Å²) in [7, 11) is 0. The maximum absolute atomic E-state index is 4.67. The minimum atomic E-state index is 0.865. The van der Waals surface area contributed by atoms with Crippen LogP contribution in [0, 0.1) is 0 Å². The van der Waals surface area contributed by atoms with Crippen LogP contribution in [-0.4, -0.2) is 58.6 Å². The molecule has 6 heteroatoms. The lowest BCUT2D eigenvalue weighted by atomic mass is 10.2. The number of nitrogens with zero attached hydrogens (tertiary/aromatic N) is 4. The molecule has 28 heavy (non-hydrogen) atoms. The normalized spacial score (nSPS) is 15.6. The second kappa shape index (κ2) is 7.23. The molecule has 0 unspecified atom stereocenters. The summed E-state index contributed by atoms with van der Waals surface area (Å²) in [6.45, 7) is 3.46. The van der Waals surface area contributed by atoms with Gasteiger partial charge in [-0.15, -0.1) is 0 Å². The largest absolute Gasteiger partial charge is 0.361 e. The lowest BCUT2D eigenvalue weighted by molar-refractivity contribution is 0.141. The maximum atomic E-state index is 4.67. The topological polar surface area (TPSA) is 62.8 Å². The van der Waals surface area contributed by atoms with Crippen molar-refractivity contribution in [2.75, 3.05) is 26.2 Å². The van der Waals surface area contributed by atoms with Crippen molar-refractivity contribution in [3.63, 3.8) is 0 Å². The van der Waals surface area contributed by atoms with E-state index in [1.165, 1.54) is 10.8 Å². The van der Waals surface area contributed by atoms with Crippen LogP contribution in [0.5, 0.6) is 0 Å². The monoisotopic (exact) mass is 370 g/mol. The average molecular weight is 370 g/mol. The molecule has 0 bridgehead atoms. The third-order valence-corrected chi connectivity index (χ3v) is 5.20. The quantitative estimate of drug-likeness (QED) is 0.539. The Hall–Kier alpha value is -3.54. The Bertz CT molecular complexity index is 1050. The number of para-hydroxylation sites is 2. The highest BCUT2D eigenvalue weighted by Crippen LogP contribution is 2.17. The zero-order valence-corrected chi connectivity index (χ0v) is 15.5. The van der Waals surface area contributed by atoms with Crippen LogP contribution in [0.1, 0.15) is 11.1 Å². The third-order valence-electron chi connectivity index (χ3n) is 5.20. The Balaban J connectivity index is 1.20. The van der Waals surface area contributed by atoms with E-state index in [1.54, 1.807) is 0 Å². The Morgan fingerprint density at radius 3 is 1.54 bits per heavy atom. The molecule has 3 heterocycles. The van der Waals surface area contributed by atoms with Gasteiger partial charge in [-0.1, -0.05) is 36.4 Å². The summed E-state index contributed by atoms with van der Waals surface area (Å²) < 4.78 is 0. The fraction of sp³-hybridized carbons (Fsp3) is 0.182. The Morgan fingerprint density at radius 2 is 1.07 bits per heavy atom. The summed E-state index contributed by atoms with van der Waals surface area (Å²) in [5.41, 5.74) is 4.52. The number of hydrogen-bond donors (Lipinski definition) is 2. The Morgan fingerprint density at radius 1 is 0.643 bits per heavy atom. The standard InChI is InChI=1S/C22H22N6/c1-3-7-21-19(5-1)17(13-23-21)15-25-27-9-11-28(12-10-27)26-16-18-14-24-22-8-4-2-6-20(18)22/h1-8,13-16,23-24H,9-12H2. The van der Waals surface area contributed by atoms with Crippen LogP contribution < -0.4 is 0 Å². The molecule has 2 aromatic carbocycles. The molecule has 0 atom stereocenters. The van der Waals surface area contributed by atoms with Crippen molar-refractivity contribution in [3.05, 3.63) is 72.1 Å². The second-order valence-electron chi connectivity index (χ2n) is 6.98. The number of hydrogen-bond acceptors (Lipinski definition) is 4.